The third-order valence-corrected chi connectivity index (χ3v) is 4.04. The smallest absolute Gasteiger partial charge is 0.122 e. The second-order valence-corrected chi connectivity index (χ2v) is 6.04. The molecule has 0 aliphatic carbocycles. The van der Waals surface area contributed by atoms with Crippen molar-refractivity contribution in [2.75, 3.05) is 12.4 Å². The van der Waals surface area contributed by atoms with Crippen molar-refractivity contribution in [1.82, 2.24) is 0 Å². The lowest BCUT2D eigenvalue weighted by atomic mass is 10.1. The van der Waals surface area contributed by atoms with Gasteiger partial charge in [-0.15, -0.1) is 0 Å². The van der Waals surface area contributed by atoms with Crippen LogP contribution in [0.5, 0.6) is 5.75 Å². The van der Waals surface area contributed by atoms with Crippen LogP contribution in [0, 0.1) is 0 Å². The van der Waals surface area contributed by atoms with Gasteiger partial charge in [-0.25, -0.2) is 0 Å². The van der Waals surface area contributed by atoms with Crippen molar-refractivity contribution in [3.05, 3.63) is 57.0 Å². The maximum Gasteiger partial charge on any atom is 0.122 e. The lowest BCUT2D eigenvalue weighted by molar-refractivity contribution is 0.414. The van der Waals surface area contributed by atoms with Crippen LogP contribution in [0.4, 0.5) is 5.69 Å². The molecule has 1 atom stereocenters. The summed E-state index contributed by atoms with van der Waals surface area (Å²) in [6.45, 7) is 2.13. The van der Waals surface area contributed by atoms with E-state index in [-0.39, 0.29) is 6.04 Å². The van der Waals surface area contributed by atoms with Gasteiger partial charge in [0.2, 0.25) is 0 Å². The monoisotopic (exact) mass is 383 g/mol. The van der Waals surface area contributed by atoms with Gasteiger partial charge in [0.25, 0.3) is 0 Å². The summed E-state index contributed by atoms with van der Waals surface area (Å²) in [5, 5.41) is 3.47. The lowest BCUT2D eigenvalue weighted by Gasteiger charge is -2.18. The van der Waals surface area contributed by atoms with Crippen molar-refractivity contribution in [3.63, 3.8) is 0 Å². The molecule has 0 spiro atoms. The molecule has 4 heteroatoms. The standard InChI is InChI=1S/C15H15Br2NO/c1-10(14-5-3-4-6-15(14)17)18-12-7-11(16)8-13(9-12)19-2/h3-10,18H,1-2H3. The second kappa shape index (κ2) is 6.44. The molecule has 0 saturated heterocycles. The molecule has 1 unspecified atom stereocenters. The molecule has 0 fully saturated rings. The van der Waals surface area contributed by atoms with E-state index in [4.69, 9.17) is 4.74 Å². The number of benzene rings is 2. The molecule has 2 aromatic carbocycles. The van der Waals surface area contributed by atoms with E-state index >= 15 is 0 Å². The maximum atomic E-state index is 5.27. The van der Waals surface area contributed by atoms with Crippen LogP contribution in [0.3, 0.4) is 0 Å². The van der Waals surface area contributed by atoms with Crippen LogP contribution in [-0.4, -0.2) is 7.11 Å². The highest BCUT2D eigenvalue weighted by atomic mass is 79.9. The van der Waals surface area contributed by atoms with Crippen LogP contribution in [0.2, 0.25) is 0 Å². The molecule has 0 aliphatic rings. The summed E-state index contributed by atoms with van der Waals surface area (Å²) in [5.74, 6) is 0.830. The normalized spacial score (nSPS) is 12.0. The van der Waals surface area contributed by atoms with Gasteiger partial charge in [0.15, 0.2) is 0 Å². The molecule has 0 aliphatic heterocycles. The zero-order valence-electron chi connectivity index (χ0n) is 10.8. The number of hydrogen-bond acceptors (Lipinski definition) is 2. The lowest BCUT2D eigenvalue weighted by Crippen LogP contribution is -2.07. The predicted molar refractivity (Wildman–Crippen MR) is 86.9 cm³/mol. The summed E-state index contributed by atoms with van der Waals surface area (Å²) >= 11 is 7.06. The fourth-order valence-corrected chi connectivity index (χ4v) is 3.02. The zero-order chi connectivity index (χ0) is 13.8. The maximum absolute atomic E-state index is 5.27. The number of rotatable bonds is 4. The Hall–Kier alpha value is -1.00. The Morgan fingerprint density at radius 1 is 1.11 bits per heavy atom. The SMILES string of the molecule is COc1cc(Br)cc(NC(C)c2ccccc2Br)c1. The van der Waals surface area contributed by atoms with Crippen LogP contribution in [0.15, 0.2) is 51.4 Å². The van der Waals surface area contributed by atoms with Crippen molar-refractivity contribution < 1.29 is 4.74 Å². The van der Waals surface area contributed by atoms with Gasteiger partial charge in [-0.1, -0.05) is 50.1 Å². The van der Waals surface area contributed by atoms with E-state index in [1.807, 2.05) is 30.3 Å². The van der Waals surface area contributed by atoms with Crippen molar-refractivity contribution >= 4 is 37.5 Å². The Balaban J connectivity index is 2.21. The number of nitrogens with one attached hydrogen (secondary N) is 1. The van der Waals surface area contributed by atoms with E-state index in [1.165, 1.54) is 5.56 Å². The average Bonchev–Trinajstić information content (AvgIpc) is 2.38. The number of hydrogen-bond donors (Lipinski definition) is 1. The van der Waals surface area contributed by atoms with Crippen molar-refractivity contribution in [2.24, 2.45) is 0 Å². The summed E-state index contributed by atoms with van der Waals surface area (Å²) in [5.41, 5.74) is 2.25. The topological polar surface area (TPSA) is 21.3 Å². The first-order valence-electron chi connectivity index (χ1n) is 5.95. The van der Waals surface area contributed by atoms with Crippen molar-refractivity contribution in [1.29, 1.82) is 0 Å². The summed E-state index contributed by atoms with van der Waals surface area (Å²) in [6, 6.07) is 14.4. The van der Waals surface area contributed by atoms with E-state index in [2.05, 4.69) is 56.2 Å². The van der Waals surface area contributed by atoms with E-state index in [9.17, 15) is 0 Å². The Labute approximate surface area is 130 Å². The number of ether oxygens (including phenoxy) is 1. The van der Waals surface area contributed by atoms with E-state index in [1.54, 1.807) is 7.11 Å². The third-order valence-electron chi connectivity index (χ3n) is 2.86. The summed E-state index contributed by atoms with van der Waals surface area (Å²) in [6.07, 6.45) is 0. The van der Waals surface area contributed by atoms with E-state index in [0.717, 1.165) is 20.4 Å². The Bertz CT molecular complexity index is 572. The molecule has 0 amide bonds. The average molecular weight is 385 g/mol. The molecule has 0 aromatic heterocycles. The van der Waals surface area contributed by atoms with Crippen LogP contribution < -0.4 is 10.1 Å². The van der Waals surface area contributed by atoms with Crippen molar-refractivity contribution in [3.8, 4) is 5.75 Å². The minimum atomic E-state index is 0.203. The highest BCUT2D eigenvalue weighted by molar-refractivity contribution is 9.10. The van der Waals surface area contributed by atoms with Crippen molar-refractivity contribution in [2.45, 2.75) is 13.0 Å². The number of methoxy groups -OCH3 is 1. The van der Waals surface area contributed by atoms with Gasteiger partial charge in [-0.05, 0) is 30.7 Å². The van der Waals surface area contributed by atoms with E-state index < -0.39 is 0 Å². The summed E-state index contributed by atoms with van der Waals surface area (Å²) < 4.78 is 7.37. The molecule has 2 rings (SSSR count). The first-order valence-corrected chi connectivity index (χ1v) is 7.54. The predicted octanol–water partition coefficient (Wildman–Crippen LogP) is 5.39. The van der Waals surface area contributed by atoms with Gasteiger partial charge in [-0.3, -0.25) is 0 Å². The molecule has 1 N–H and O–H groups in total. The molecule has 2 nitrogen and oxygen atoms in total. The van der Waals surface area contributed by atoms with Crippen LogP contribution in [0.1, 0.15) is 18.5 Å². The quantitative estimate of drug-likeness (QED) is 0.762. The van der Waals surface area contributed by atoms with Crippen LogP contribution >= 0.6 is 31.9 Å². The van der Waals surface area contributed by atoms with E-state index in [0.29, 0.717) is 0 Å². The highest BCUT2D eigenvalue weighted by Gasteiger charge is 2.09. The fourth-order valence-electron chi connectivity index (χ4n) is 1.92. The third kappa shape index (κ3) is 3.74. The second-order valence-electron chi connectivity index (χ2n) is 4.27. The Morgan fingerprint density at radius 3 is 2.53 bits per heavy atom. The fraction of sp³-hybridized carbons (Fsp3) is 0.200. The Morgan fingerprint density at radius 2 is 1.84 bits per heavy atom. The van der Waals surface area contributed by atoms with Crippen LogP contribution in [-0.2, 0) is 0 Å². The van der Waals surface area contributed by atoms with Gasteiger partial charge in [0.1, 0.15) is 5.75 Å². The first-order chi connectivity index (χ1) is 9.10. The molecule has 0 saturated carbocycles. The molecule has 0 bridgehead atoms. The number of halogens is 2. The molecule has 100 valence electrons. The molecule has 0 heterocycles. The van der Waals surface area contributed by atoms with Gasteiger partial charge >= 0.3 is 0 Å². The van der Waals surface area contributed by atoms with Gasteiger partial charge in [0.05, 0.1) is 7.11 Å². The molecular weight excluding hydrogens is 370 g/mol. The minimum Gasteiger partial charge on any atom is -0.497 e. The Kier molecular flexibility index (Phi) is 4.88. The minimum absolute atomic E-state index is 0.203. The number of anilines is 1. The summed E-state index contributed by atoms with van der Waals surface area (Å²) in [4.78, 5) is 0. The molecule has 19 heavy (non-hydrogen) atoms. The van der Waals surface area contributed by atoms with Gasteiger partial charge in [0, 0.05) is 26.7 Å². The first kappa shape index (κ1) is 14.4. The zero-order valence-corrected chi connectivity index (χ0v) is 14.0. The van der Waals surface area contributed by atoms with Crippen LogP contribution in [0.25, 0.3) is 0 Å². The summed E-state index contributed by atoms with van der Waals surface area (Å²) in [7, 11) is 1.67. The molecular formula is C15H15Br2NO. The largest absolute Gasteiger partial charge is 0.497 e. The highest BCUT2D eigenvalue weighted by Crippen LogP contribution is 2.29. The molecule has 0 radical (unpaired) electrons. The van der Waals surface area contributed by atoms with Gasteiger partial charge in [-0.2, -0.15) is 0 Å². The molecule has 2 aromatic rings. The van der Waals surface area contributed by atoms with Gasteiger partial charge < -0.3 is 10.1 Å².